The third-order valence-electron chi connectivity index (χ3n) is 3.63. The molecule has 0 spiro atoms. The van der Waals surface area contributed by atoms with Crippen LogP contribution in [0.1, 0.15) is 25.8 Å². The SMILES string of the molecule is CC1CC(=O)N(C(C)C(=O)Nc2cccc(C(F)(F)F)c2)C1=O. The molecule has 1 aromatic carbocycles. The average Bonchev–Trinajstić information content (AvgIpc) is 2.70. The first-order valence-electron chi connectivity index (χ1n) is 6.95. The molecule has 2 atom stereocenters. The highest BCUT2D eigenvalue weighted by atomic mass is 19.4. The zero-order valence-corrected chi connectivity index (χ0v) is 12.5. The van der Waals surface area contributed by atoms with Crippen LogP contribution in [-0.2, 0) is 20.6 Å². The van der Waals surface area contributed by atoms with Gasteiger partial charge in [0.1, 0.15) is 6.04 Å². The molecule has 1 heterocycles. The molecule has 1 fully saturated rings. The lowest BCUT2D eigenvalue weighted by molar-refractivity contribution is -0.145. The molecule has 124 valence electrons. The molecule has 23 heavy (non-hydrogen) atoms. The summed E-state index contributed by atoms with van der Waals surface area (Å²) in [5, 5.41) is 2.30. The zero-order valence-electron chi connectivity index (χ0n) is 12.5. The van der Waals surface area contributed by atoms with Crippen molar-refractivity contribution in [2.24, 2.45) is 5.92 Å². The van der Waals surface area contributed by atoms with Gasteiger partial charge in [0.05, 0.1) is 5.56 Å². The summed E-state index contributed by atoms with van der Waals surface area (Å²) >= 11 is 0. The highest BCUT2D eigenvalue weighted by Gasteiger charge is 2.41. The molecular weight excluding hydrogens is 313 g/mol. The molecular formula is C15H15F3N2O3. The van der Waals surface area contributed by atoms with E-state index < -0.39 is 41.4 Å². The molecule has 1 aliphatic rings. The lowest BCUT2D eigenvalue weighted by Gasteiger charge is -2.22. The minimum absolute atomic E-state index is 0.0278. The Balaban J connectivity index is 2.13. The Morgan fingerprint density at radius 1 is 1.35 bits per heavy atom. The Labute approximate surface area is 130 Å². The molecule has 5 nitrogen and oxygen atoms in total. The standard InChI is InChI=1S/C15H15F3N2O3/c1-8-6-12(21)20(14(8)23)9(2)13(22)19-11-5-3-4-10(7-11)15(16,17)18/h3-5,7-9H,6H2,1-2H3,(H,19,22). The lowest BCUT2D eigenvalue weighted by Crippen LogP contribution is -2.45. The second-order valence-electron chi connectivity index (χ2n) is 5.45. The number of alkyl halides is 3. The van der Waals surface area contributed by atoms with E-state index in [9.17, 15) is 27.6 Å². The van der Waals surface area contributed by atoms with Crippen LogP contribution in [0.15, 0.2) is 24.3 Å². The fourth-order valence-corrected chi connectivity index (χ4v) is 2.35. The summed E-state index contributed by atoms with van der Waals surface area (Å²) in [6, 6.07) is 3.05. The van der Waals surface area contributed by atoms with E-state index in [1.165, 1.54) is 13.0 Å². The number of carbonyl (C=O) groups is 3. The van der Waals surface area contributed by atoms with E-state index in [0.29, 0.717) is 0 Å². The number of benzene rings is 1. The number of anilines is 1. The van der Waals surface area contributed by atoms with Gasteiger partial charge >= 0.3 is 6.18 Å². The molecule has 1 N–H and O–H groups in total. The molecule has 0 aliphatic carbocycles. The first kappa shape index (κ1) is 17.0. The number of carbonyl (C=O) groups excluding carboxylic acids is 3. The lowest BCUT2D eigenvalue weighted by atomic mass is 10.1. The highest BCUT2D eigenvalue weighted by molar-refractivity contribution is 6.08. The van der Waals surface area contributed by atoms with Crippen molar-refractivity contribution in [2.75, 3.05) is 5.32 Å². The molecule has 2 unspecified atom stereocenters. The van der Waals surface area contributed by atoms with Crippen molar-refractivity contribution >= 4 is 23.4 Å². The number of hydrogen-bond acceptors (Lipinski definition) is 3. The van der Waals surface area contributed by atoms with Crippen LogP contribution in [0.3, 0.4) is 0 Å². The van der Waals surface area contributed by atoms with Crippen LogP contribution in [-0.4, -0.2) is 28.7 Å². The van der Waals surface area contributed by atoms with E-state index in [-0.39, 0.29) is 12.1 Å². The Morgan fingerprint density at radius 2 is 2.00 bits per heavy atom. The largest absolute Gasteiger partial charge is 0.416 e. The number of nitrogens with zero attached hydrogens (tertiary/aromatic N) is 1. The van der Waals surface area contributed by atoms with Crippen LogP contribution in [0.5, 0.6) is 0 Å². The first-order valence-corrected chi connectivity index (χ1v) is 6.95. The van der Waals surface area contributed by atoms with Crippen LogP contribution >= 0.6 is 0 Å². The Bertz CT molecular complexity index is 658. The molecule has 1 aromatic rings. The van der Waals surface area contributed by atoms with Gasteiger partial charge in [0.2, 0.25) is 17.7 Å². The summed E-state index contributed by atoms with van der Waals surface area (Å²) in [5.74, 6) is -2.14. The van der Waals surface area contributed by atoms with Gasteiger partial charge in [-0.1, -0.05) is 13.0 Å². The molecule has 2 rings (SSSR count). The van der Waals surface area contributed by atoms with E-state index in [1.54, 1.807) is 6.92 Å². The second kappa shape index (κ2) is 6.02. The van der Waals surface area contributed by atoms with E-state index in [4.69, 9.17) is 0 Å². The van der Waals surface area contributed by atoms with Gasteiger partial charge in [-0.15, -0.1) is 0 Å². The Morgan fingerprint density at radius 3 is 2.52 bits per heavy atom. The maximum atomic E-state index is 12.6. The number of amides is 3. The predicted molar refractivity (Wildman–Crippen MR) is 75.2 cm³/mol. The quantitative estimate of drug-likeness (QED) is 0.867. The van der Waals surface area contributed by atoms with Crippen LogP contribution in [0.2, 0.25) is 0 Å². The number of rotatable bonds is 3. The zero-order chi connectivity index (χ0) is 17.4. The Hall–Kier alpha value is -2.38. The Kier molecular flexibility index (Phi) is 4.44. The molecule has 8 heteroatoms. The van der Waals surface area contributed by atoms with Crippen molar-refractivity contribution in [3.8, 4) is 0 Å². The van der Waals surface area contributed by atoms with E-state index >= 15 is 0 Å². The third kappa shape index (κ3) is 3.52. The van der Waals surface area contributed by atoms with Crippen molar-refractivity contribution in [2.45, 2.75) is 32.5 Å². The number of nitrogens with one attached hydrogen (secondary N) is 1. The maximum absolute atomic E-state index is 12.6. The molecule has 1 saturated heterocycles. The van der Waals surface area contributed by atoms with E-state index in [2.05, 4.69) is 5.32 Å². The van der Waals surface area contributed by atoms with Gasteiger partial charge in [-0.25, -0.2) is 0 Å². The van der Waals surface area contributed by atoms with Gasteiger partial charge < -0.3 is 5.32 Å². The smallest absolute Gasteiger partial charge is 0.324 e. The van der Waals surface area contributed by atoms with Crippen LogP contribution in [0.4, 0.5) is 18.9 Å². The number of hydrogen-bond donors (Lipinski definition) is 1. The molecule has 1 aliphatic heterocycles. The number of likely N-dealkylation sites (tertiary alicyclic amines) is 1. The van der Waals surface area contributed by atoms with Gasteiger partial charge in [0.25, 0.3) is 0 Å². The normalized spacial score (nSPS) is 19.9. The van der Waals surface area contributed by atoms with Gasteiger partial charge in [-0.2, -0.15) is 13.2 Å². The van der Waals surface area contributed by atoms with Crippen LogP contribution < -0.4 is 5.32 Å². The van der Waals surface area contributed by atoms with Crippen molar-refractivity contribution in [3.05, 3.63) is 29.8 Å². The van der Waals surface area contributed by atoms with Crippen molar-refractivity contribution in [1.82, 2.24) is 4.90 Å². The maximum Gasteiger partial charge on any atom is 0.416 e. The minimum Gasteiger partial charge on any atom is -0.324 e. The fourth-order valence-electron chi connectivity index (χ4n) is 2.35. The molecule has 0 bridgehead atoms. The van der Waals surface area contributed by atoms with Crippen molar-refractivity contribution in [1.29, 1.82) is 0 Å². The highest BCUT2D eigenvalue weighted by Crippen LogP contribution is 2.30. The van der Waals surface area contributed by atoms with Gasteiger partial charge in [0, 0.05) is 18.0 Å². The third-order valence-corrected chi connectivity index (χ3v) is 3.63. The topological polar surface area (TPSA) is 66.5 Å². The summed E-state index contributed by atoms with van der Waals surface area (Å²) in [6.45, 7) is 2.94. The van der Waals surface area contributed by atoms with Gasteiger partial charge in [0.15, 0.2) is 0 Å². The summed E-state index contributed by atoms with van der Waals surface area (Å²) in [4.78, 5) is 36.6. The van der Waals surface area contributed by atoms with Crippen LogP contribution in [0, 0.1) is 5.92 Å². The average molecular weight is 328 g/mol. The predicted octanol–water partition coefficient (Wildman–Crippen LogP) is 2.43. The van der Waals surface area contributed by atoms with Gasteiger partial charge in [-0.3, -0.25) is 19.3 Å². The summed E-state index contributed by atoms with van der Waals surface area (Å²) in [5.41, 5.74) is -0.950. The first-order chi connectivity index (χ1) is 10.6. The number of halogens is 3. The van der Waals surface area contributed by atoms with Gasteiger partial charge in [-0.05, 0) is 25.1 Å². The van der Waals surface area contributed by atoms with E-state index in [0.717, 1.165) is 23.1 Å². The molecule has 0 aromatic heterocycles. The number of imide groups is 1. The summed E-state index contributed by atoms with van der Waals surface area (Å²) < 4.78 is 37.9. The molecule has 0 radical (unpaired) electrons. The second-order valence-corrected chi connectivity index (χ2v) is 5.45. The minimum atomic E-state index is -4.53. The summed E-state index contributed by atoms with van der Waals surface area (Å²) in [7, 11) is 0. The van der Waals surface area contributed by atoms with Crippen molar-refractivity contribution in [3.63, 3.8) is 0 Å². The fraction of sp³-hybridized carbons (Fsp3) is 0.400. The van der Waals surface area contributed by atoms with Crippen LogP contribution in [0.25, 0.3) is 0 Å². The molecule has 0 saturated carbocycles. The molecule has 3 amide bonds. The van der Waals surface area contributed by atoms with E-state index in [1.807, 2.05) is 0 Å². The van der Waals surface area contributed by atoms with Crippen molar-refractivity contribution < 1.29 is 27.6 Å². The monoisotopic (exact) mass is 328 g/mol. The summed E-state index contributed by atoms with van der Waals surface area (Å²) in [6.07, 6.45) is -4.50.